The lowest BCUT2D eigenvalue weighted by molar-refractivity contribution is -0.141. The average Bonchev–Trinajstić information content (AvgIpc) is 2.52. The molecule has 1 saturated carbocycles. The third kappa shape index (κ3) is 1.47. The summed E-state index contributed by atoms with van der Waals surface area (Å²) in [4.78, 5) is 11.0. The van der Waals surface area contributed by atoms with E-state index in [4.69, 9.17) is 4.74 Å². The Morgan fingerprint density at radius 2 is 2.33 bits per heavy atom. The van der Waals surface area contributed by atoms with Gasteiger partial charge in [-0.3, -0.25) is 4.79 Å². The molecule has 1 aliphatic heterocycles. The van der Waals surface area contributed by atoms with Gasteiger partial charge in [0.05, 0.1) is 6.42 Å². The highest BCUT2D eigenvalue weighted by molar-refractivity contribution is 14.1. The van der Waals surface area contributed by atoms with Crippen molar-refractivity contribution in [2.75, 3.05) is 4.43 Å². The Labute approximate surface area is 86.2 Å². The molecule has 0 radical (unpaired) electrons. The largest absolute Gasteiger partial charge is 0.462 e. The first-order valence-electron chi connectivity index (χ1n) is 4.56. The minimum Gasteiger partial charge on any atom is -0.462 e. The van der Waals surface area contributed by atoms with E-state index in [1.54, 1.807) is 0 Å². The Hall–Kier alpha value is 0.200. The molecule has 3 heteroatoms. The number of hydrogen-bond acceptors (Lipinski definition) is 2. The molecule has 3 atom stereocenters. The number of esters is 1. The summed E-state index contributed by atoms with van der Waals surface area (Å²) < 4.78 is 6.43. The van der Waals surface area contributed by atoms with Crippen LogP contribution in [0.3, 0.4) is 0 Å². The molecule has 2 fully saturated rings. The molecule has 1 heterocycles. The first-order chi connectivity index (χ1) is 5.81. The fourth-order valence-electron chi connectivity index (χ4n) is 2.46. The third-order valence-corrected chi connectivity index (χ3v) is 3.69. The summed E-state index contributed by atoms with van der Waals surface area (Å²) in [5, 5.41) is 0. The van der Waals surface area contributed by atoms with Gasteiger partial charge < -0.3 is 4.74 Å². The van der Waals surface area contributed by atoms with Crippen LogP contribution in [0.4, 0.5) is 0 Å². The van der Waals surface area contributed by atoms with Crippen LogP contribution < -0.4 is 0 Å². The molecule has 68 valence electrons. The predicted octanol–water partition coefficient (Wildman–Crippen LogP) is 2.15. The predicted molar refractivity (Wildman–Crippen MR) is 54.2 cm³/mol. The zero-order valence-corrected chi connectivity index (χ0v) is 9.12. The van der Waals surface area contributed by atoms with E-state index in [0.717, 1.165) is 12.3 Å². The average molecular weight is 280 g/mol. The third-order valence-electron chi connectivity index (χ3n) is 3.07. The Kier molecular flexibility index (Phi) is 2.57. The van der Waals surface area contributed by atoms with Crippen LogP contribution in [-0.4, -0.2) is 16.5 Å². The molecule has 0 bridgehead atoms. The summed E-state index contributed by atoms with van der Waals surface area (Å²) in [6, 6.07) is 0. The van der Waals surface area contributed by atoms with Gasteiger partial charge in [0, 0.05) is 5.92 Å². The topological polar surface area (TPSA) is 26.3 Å². The Bertz CT molecular complexity index is 191. The van der Waals surface area contributed by atoms with Gasteiger partial charge in [0.2, 0.25) is 0 Å². The van der Waals surface area contributed by atoms with Crippen molar-refractivity contribution in [2.45, 2.75) is 31.8 Å². The smallest absolute Gasteiger partial charge is 0.306 e. The molecule has 1 saturated heterocycles. The van der Waals surface area contributed by atoms with Crippen LogP contribution in [0.15, 0.2) is 0 Å². The summed E-state index contributed by atoms with van der Waals surface area (Å²) in [6.45, 7) is 0. The quantitative estimate of drug-likeness (QED) is 0.440. The van der Waals surface area contributed by atoms with E-state index in [-0.39, 0.29) is 12.1 Å². The van der Waals surface area contributed by atoms with E-state index in [9.17, 15) is 4.79 Å². The molecule has 2 nitrogen and oxygen atoms in total. The highest BCUT2D eigenvalue weighted by atomic mass is 127. The van der Waals surface area contributed by atoms with Gasteiger partial charge in [-0.15, -0.1) is 0 Å². The maximum absolute atomic E-state index is 11.0. The summed E-state index contributed by atoms with van der Waals surface area (Å²) >= 11 is 2.41. The number of carbonyl (C=O) groups excluding carboxylic acids is 1. The van der Waals surface area contributed by atoms with Gasteiger partial charge in [0.15, 0.2) is 0 Å². The molecule has 0 N–H and O–H groups in total. The maximum Gasteiger partial charge on any atom is 0.306 e. The van der Waals surface area contributed by atoms with Crippen molar-refractivity contribution in [2.24, 2.45) is 11.8 Å². The molecule has 0 aromatic heterocycles. The first kappa shape index (κ1) is 8.78. The number of carbonyl (C=O) groups is 1. The number of alkyl halides is 1. The van der Waals surface area contributed by atoms with Crippen LogP contribution in [0, 0.1) is 11.8 Å². The number of fused-ring (bicyclic) bond motifs is 1. The molecule has 0 aromatic carbocycles. The zero-order valence-electron chi connectivity index (χ0n) is 6.96. The molecule has 1 aliphatic carbocycles. The standard InChI is InChI=1S/C9H13IO2/c10-4-3-6-1-2-8-7(6)5-9(11)12-8/h6-8H,1-5H2/t6-,7+,8-/m0/s1. The summed E-state index contributed by atoms with van der Waals surface area (Å²) in [5.74, 6) is 1.36. The van der Waals surface area contributed by atoms with E-state index in [1.807, 2.05) is 0 Å². The van der Waals surface area contributed by atoms with Gasteiger partial charge in [0.1, 0.15) is 6.10 Å². The van der Waals surface area contributed by atoms with E-state index < -0.39 is 0 Å². The maximum atomic E-state index is 11.0. The van der Waals surface area contributed by atoms with Crippen molar-refractivity contribution in [1.29, 1.82) is 0 Å². The van der Waals surface area contributed by atoms with E-state index in [2.05, 4.69) is 22.6 Å². The van der Waals surface area contributed by atoms with Gasteiger partial charge in [0.25, 0.3) is 0 Å². The number of hydrogen-bond donors (Lipinski definition) is 0. The van der Waals surface area contributed by atoms with Gasteiger partial charge in [-0.1, -0.05) is 22.6 Å². The second-order valence-electron chi connectivity index (χ2n) is 3.71. The Morgan fingerprint density at radius 3 is 3.08 bits per heavy atom. The highest BCUT2D eigenvalue weighted by Gasteiger charge is 2.43. The monoisotopic (exact) mass is 280 g/mol. The van der Waals surface area contributed by atoms with Crippen molar-refractivity contribution in [3.63, 3.8) is 0 Å². The molecular weight excluding hydrogens is 267 g/mol. The van der Waals surface area contributed by atoms with Crippen LogP contribution in [-0.2, 0) is 9.53 Å². The second-order valence-corrected chi connectivity index (χ2v) is 4.79. The minimum absolute atomic E-state index is 0.0307. The molecule has 2 aliphatic rings. The van der Waals surface area contributed by atoms with E-state index in [0.29, 0.717) is 12.3 Å². The fourth-order valence-corrected chi connectivity index (χ4v) is 3.26. The lowest BCUT2D eigenvalue weighted by Gasteiger charge is -2.13. The second kappa shape index (κ2) is 3.52. The Balaban J connectivity index is 1.98. The highest BCUT2D eigenvalue weighted by Crippen LogP contribution is 2.42. The Morgan fingerprint density at radius 1 is 1.50 bits per heavy atom. The normalized spacial score (nSPS) is 39.8. The van der Waals surface area contributed by atoms with Crippen LogP contribution >= 0.6 is 22.6 Å². The first-order valence-corrected chi connectivity index (χ1v) is 6.09. The van der Waals surface area contributed by atoms with Crippen molar-refractivity contribution < 1.29 is 9.53 Å². The van der Waals surface area contributed by atoms with Gasteiger partial charge in [-0.2, -0.15) is 0 Å². The van der Waals surface area contributed by atoms with Crippen LogP contribution in [0.5, 0.6) is 0 Å². The van der Waals surface area contributed by atoms with Gasteiger partial charge in [-0.05, 0) is 29.6 Å². The van der Waals surface area contributed by atoms with Crippen molar-refractivity contribution in [3.8, 4) is 0 Å². The lowest BCUT2D eigenvalue weighted by Crippen LogP contribution is -2.13. The molecule has 0 amide bonds. The van der Waals surface area contributed by atoms with Gasteiger partial charge >= 0.3 is 5.97 Å². The number of halogens is 1. The van der Waals surface area contributed by atoms with Gasteiger partial charge in [-0.25, -0.2) is 0 Å². The number of ether oxygens (including phenoxy) is 1. The SMILES string of the molecule is O=C1C[C@@H]2[C@H](CCI)CC[C@@H]2O1. The van der Waals surface area contributed by atoms with Crippen molar-refractivity contribution in [1.82, 2.24) is 0 Å². The van der Waals surface area contributed by atoms with Crippen LogP contribution in [0.2, 0.25) is 0 Å². The molecule has 0 spiro atoms. The summed E-state index contributed by atoms with van der Waals surface area (Å²) in [7, 11) is 0. The van der Waals surface area contributed by atoms with Crippen LogP contribution in [0.1, 0.15) is 25.7 Å². The molecular formula is C9H13IO2. The zero-order chi connectivity index (χ0) is 8.55. The lowest BCUT2D eigenvalue weighted by atomic mass is 9.91. The molecule has 2 rings (SSSR count). The molecule has 0 unspecified atom stereocenters. The summed E-state index contributed by atoms with van der Waals surface area (Å²) in [6.07, 6.45) is 4.61. The summed E-state index contributed by atoms with van der Waals surface area (Å²) in [5.41, 5.74) is 0. The van der Waals surface area contributed by atoms with Crippen molar-refractivity contribution >= 4 is 28.6 Å². The molecule has 0 aromatic rings. The van der Waals surface area contributed by atoms with E-state index in [1.165, 1.54) is 17.3 Å². The minimum atomic E-state index is 0.0307. The molecule has 12 heavy (non-hydrogen) atoms. The van der Waals surface area contributed by atoms with E-state index >= 15 is 0 Å². The van der Waals surface area contributed by atoms with Crippen LogP contribution in [0.25, 0.3) is 0 Å². The fraction of sp³-hybridized carbons (Fsp3) is 0.889. The number of rotatable bonds is 2. The van der Waals surface area contributed by atoms with Crippen molar-refractivity contribution in [3.05, 3.63) is 0 Å².